The van der Waals surface area contributed by atoms with Crippen LogP contribution in [0.3, 0.4) is 0 Å². The van der Waals surface area contributed by atoms with E-state index in [4.69, 9.17) is 11.6 Å². The van der Waals surface area contributed by atoms with Gasteiger partial charge >= 0.3 is 0 Å². The van der Waals surface area contributed by atoms with Crippen LogP contribution in [-0.4, -0.2) is 22.2 Å². The molecule has 2 aromatic rings. The second-order valence-electron chi connectivity index (χ2n) is 5.60. The van der Waals surface area contributed by atoms with Crippen molar-refractivity contribution < 1.29 is 4.79 Å². The summed E-state index contributed by atoms with van der Waals surface area (Å²) >= 11 is 6.11. The van der Waals surface area contributed by atoms with Crippen LogP contribution in [0.25, 0.3) is 0 Å². The lowest BCUT2D eigenvalue weighted by Gasteiger charge is -2.13. The number of hydrogen-bond acceptors (Lipinski definition) is 3. The lowest BCUT2D eigenvalue weighted by Crippen LogP contribution is -2.28. The number of nitrogens with one attached hydrogen (secondary N) is 3. The second-order valence-corrected chi connectivity index (χ2v) is 6.04. The molecule has 0 radical (unpaired) electrons. The molecule has 6 nitrogen and oxygen atoms in total. The Morgan fingerprint density at radius 2 is 2.00 bits per heavy atom. The minimum Gasteiger partial charge on any atom is -0.385 e. The number of benzene rings is 1. The van der Waals surface area contributed by atoms with Crippen molar-refractivity contribution in [3.8, 4) is 0 Å². The maximum absolute atomic E-state index is 12.5. The molecule has 0 fully saturated rings. The Kier molecular flexibility index (Phi) is 5.72. The van der Waals surface area contributed by atoms with Gasteiger partial charge in [0.05, 0.1) is 12.1 Å². The lowest BCUT2D eigenvalue weighted by molar-refractivity contribution is 0.0950. The van der Waals surface area contributed by atoms with Gasteiger partial charge in [0.15, 0.2) is 0 Å². The first kappa shape index (κ1) is 18.1. The van der Waals surface area contributed by atoms with Crippen LogP contribution >= 0.6 is 11.6 Å². The maximum atomic E-state index is 12.5. The molecule has 1 aromatic carbocycles. The summed E-state index contributed by atoms with van der Waals surface area (Å²) in [6.45, 7) is 9.03. The summed E-state index contributed by atoms with van der Waals surface area (Å²) in [7, 11) is 0. The smallest absolute Gasteiger partial charge is 0.271 e. The number of carbonyl (C=O) groups excluding carboxylic acids is 1. The summed E-state index contributed by atoms with van der Waals surface area (Å²) in [5, 5.41) is 9.49. The van der Waals surface area contributed by atoms with E-state index in [2.05, 4.69) is 15.7 Å². The topological polar surface area (TPSA) is 78.9 Å². The van der Waals surface area contributed by atoms with Gasteiger partial charge < -0.3 is 10.6 Å². The molecule has 0 aliphatic carbocycles. The molecule has 2 rings (SSSR count). The van der Waals surface area contributed by atoms with Crippen molar-refractivity contribution >= 4 is 23.2 Å². The SMILES string of the molecule is CCNc1cc(Cl)cc(C(=O)NCc2c(C)[nH]n(CC)c2=O)c1C. The zero-order valence-corrected chi connectivity index (χ0v) is 15.2. The third-order valence-corrected chi connectivity index (χ3v) is 4.20. The highest BCUT2D eigenvalue weighted by Crippen LogP contribution is 2.24. The first-order valence-electron chi connectivity index (χ1n) is 7.99. The number of aryl methyl sites for hydroxylation is 2. The molecule has 24 heavy (non-hydrogen) atoms. The monoisotopic (exact) mass is 350 g/mol. The third kappa shape index (κ3) is 3.64. The number of carbonyl (C=O) groups is 1. The van der Waals surface area contributed by atoms with Crippen LogP contribution in [0.1, 0.15) is 41.0 Å². The van der Waals surface area contributed by atoms with Gasteiger partial charge in [0.2, 0.25) is 0 Å². The number of nitrogens with zero attached hydrogens (tertiary/aromatic N) is 1. The molecule has 130 valence electrons. The number of hydrogen-bond donors (Lipinski definition) is 3. The summed E-state index contributed by atoms with van der Waals surface area (Å²) < 4.78 is 1.52. The summed E-state index contributed by atoms with van der Waals surface area (Å²) in [5.41, 5.74) is 3.39. The van der Waals surface area contributed by atoms with Gasteiger partial charge in [-0.25, -0.2) is 0 Å². The molecule has 0 atom stereocenters. The highest BCUT2D eigenvalue weighted by Gasteiger charge is 2.16. The zero-order chi connectivity index (χ0) is 17.9. The van der Waals surface area contributed by atoms with E-state index >= 15 is 0 Å². The van der Waals surface area contributed by atoms with Gasteiger partial charge in [-0.1, -0.05) is 11.6 Å². The zero-order valence-electron chi connectivity index (χ0n) is 14.4. The highest BCUT2D eigenvalue weighted by atomic mass is 35.5. The van der Waals surface area contributed by atoms with E-state index in [1.807, 2.05) is 27.7 Å². The van der Waals surface area contributed by atoms with E-state index in [0.717, 1.165) is 23.5 Å². The van der Waals surface area contributed by atoms with Crippen molar-refractivity contribution in [2.24, 2.45) is 0 Å². The van der Waals surface area contributed by atoms with Gasteiger partial charge in [0.25, 0.3) is 11.5 Å². The summed E-state index contributed by atoms with van der Waals surface area (Å²) in [6.07, 6.45) is 0. The average Bonchev–Trinajstić information content (AvgIpc) is 2.82. The molecule has 0 bridgehead atoms. The van der Waals surface area contributed by atoms with Crippen LogP contribution in [0.2, 0.25) is 5.02 Å². The van der Waals surface area contributed by atoms with Crippen LogP contribution in [0.4, 0.5) is 5.69 Å². The Balaban J connectivity index is 2.22. The van der Waals surface area contributed by atoms with Crippen LogP contribution in [0, 0.1) is 13.8 Å². The van der Waals surface area contributed by atoms with E-state index in [1.165, 1.54) is 4.68 Å². The quantitative estimate of drug-likeness (QED) is 0.749. The van der Waals surface area contributed by atoms with Gasteiger partial charge in [-0.05, 0) is 45.4 Å². The summed E-state index contributed by atoms with van der Waals surface area (Å²) in [6, 6.07) is 3.44. The second kappa shape index (κ2) is 7.57. The number of aromatic amines is 1. The normalized spacial score (nSPS) is 10.7. The molecule has 0 aliphatic rings. The molecule has 3 N–H and O–H groups in total. The maximum Gasteiger partial charge on any atom is 0.271 e. The number of anilines is 1. The van der Waals surface area contributed by atoms with Crippen molar-refractivity contribution in [3.05, 3.63) is 49.9 Å². The minimum absolute atomic E-state index is 0.105. The number of halogens is 1. The van der Waals surface area contributed by atoms with Gasteiger partial charge in [0, 0.05) is 35.1 Å². The summed E-state index contributed by atoms with van der Waals surface area (Å²) in [4.78, 5) is 24.7. The van der Waals surface area contributed by atoms with Crippen molar-refractivity contribution in [2.45, 2.75) is 40.8 Å². The largest absolute Gasteiger partial charge is 0.385 e. The Bertz CT molecular complexity index is 808. The molecule has 0 saturated carbocycles. The molecule has 0 aliphatic heterocycles. The molecular weight excluding hydrogens is 328 g/mol. The molecule has 7 heteroatoms. The van der Waals surface area contributed by atoms with Crippen LogP contribution in [0.5, 0.6) is 0 Å². The number of aromatic nitrogens is 2. The average molecular weight is 351 g/mol. The standard InChI is InChI=1S/C17H23ClN4O2/c1-5-19-15-8-12(18)7-13(10(15)3)16(23)20-9-14-11(4)21-22(6-2)17(14)24/h7-8,19,21H,5-6,9H2,1-4H3,(H,20,23). The minimum atomic E-state index is -0.253. The van der Waals surface area contributed by atoms with E-state index in [-0.39, 0.29) is 18.0 Å². The van der Waals surface area contributed by atoms with Gasteiger partial charge in [0.1, 0.15) is 0 Å². The first-order valence-corrected chi connectivity index (χ1v) is 8.37. The Hall–Kier alpha value is -2.21. The molecule has 1 aromatic heterocycles. The van der Waals surface area contributed by atoms with Gasteiger partial charge in [-0.15, -0.1) is 0 Å². The van der Waals surface area contributed by atoms with Crippen LogP contribution in [0.15, 0.2) is 16.9 Å². The Labute approximate surface area is 146 Å². The van der Waals surface area contributed by atoms with Crippen molar-refractivity contribution in [2.75, 3.05) is 11.9 Å². The van der Waals surface area contributed by atoms with E-state index in [0.29, 0.717) is 22.7 Å². The lowest BCUT2D eigenvalue weighted by atomic mass is 10.1. The van der Waals surface area contributed by atoms with E-state index in [1.54, 1.807) is 12.1 Å². The fourth-order valence-corrected chi connectivity index (χ4v) is 2.85. The number of rotatable bonds is 6. The molecule has 0 unspecified atom stereocenters. The molecule has 0 spiro atoms. The molecule has 1 amide bonds. The fourth-order valence-electron chi connectivity index (χ4n) is 2.63. The Morgan fingerprint density at radius 1 is 1.29 bits per heavy atom. The van der Waals surface area contributed by atoms with Gasteiger partial charge in [-0.3, -0.25) is 19.4 Å². The van der Waals surface area contributed by atoms with E-state index in [9.17, 15) is 9.59 Å². The van der Waals surface area contributed by atoms with Crippen molar-refractivity contribution in [1.29, 1.82) is 0 Å². The molecule has 1 heterocycles. The van der Waals surface area contributed by atoms with Crippen molar-refractivity contribution in [1.82, 2.24) is 15.1 Å². The summed E-state index contributed by atoms with van der Waals surface area (Å²) in [5.74, 6) is -0.253. The third-order valence-electron chi connectivity index (χ3n) is 3.98. The molecular formula is C17H23ClN4O2. The fraction of sp³-hybridized carbons (Fsp3) is 0.412. The highest BCUT2D eigenvalue weighted by molar-refractivity contribution is 6.31. The predicted octanol–water partition coefficient (Wildman–Crippen LogP) is 2.83. The van der Waals surface area contributed by atoms with Crippen LogP contribution < -0.4 is 16.2 Å². The van der Waals surface area contributed by atoms with Crippen molar-refractivity contribution in [3.63, 3.8) is 0 Å². The molecule has 0 saturated heterocycles. The predicted molar refractivity (Wildman–Crippen MR) is 97.0 cm³/mol. The Morgan fingerprint density at radius 3 is 2.58 bits per heavy atom. The first-order chi connectivity index (χ1) is 11.4. The number of amides is 1. The van der Waals surface area contributed by atoms with Gasteiger partial charge in [-0.2, -0.15) is 0 Å². The van der Waals surface area contributed by atoms with Crippen LogP contribution in [-0.2, 0) is 13.1 Å². The number of H-pyrrole nitrogens is 1. The van der Waals surface area contributed by atoms with E-state index < -0.39 is 0 Å².